The summed E-state index contributed by atoms with van der Waals surface area (Å²) in [6.07, 6.45) is 0. The van der Waals surface area contributed by atoms with E-state index in [9.17, 15) is 0 Å². The van der Waals surface area contributed by atoms with Crippen molar-refractivity contribution >= 4 is 6.01 Å². The minimum Gasteiger partial charge on any atom is -0.407 e. The Labute approximate surface area is 107 Å². The largest absolute Gasteiger partial charge is 0.407 e. The molecule has 1 heterocycles. The molecule has 18 heavy (non-hydrogen) atoms. The maximum absolute atomic E-state index is 5.46. The van der Waals surface area contributed by atoms with Crippen LogP contribution >= 0.6 is 0 Å². The van der Waals surface area contributed by atoms with Gasteiger partial charge in [-0.1, -0.05) is 49.3 Å². The fourth-order valence-corrected chi connectivity index (χ4v) is 1.46. The lowest BCUT2D eigenvalue weighted by Crippen LogP contribution is -2.21. The third-order valence-corrected chi connectivity index (χ3v) is 2.41. The van der Waals surface area contributed by atoms with E-state index in [1.54, 1.807) is 0 Å². The average molecular weight is 246 g/mol. The maximum Gasteiger partial charge on any atom is 0.315 e. The predicted octanol–water partition coefficient (Wildman–Crippen LogP) is 2.18. The van der Waals surface area contributed by atoms with E-state index in [4.69, 9.17) is 4.42 Å². The molecular formula is C13H18N4O. The minimum atomic E-state index is 0.401. The minimum absolute atomic E-state index is 0.401. The number of anilines is 1. The summed E-state index contributed by atoms with van der Waals surface area (Å²) in [6, 6.07) is 10.9. The highest BCUT2D eigenvalue weighted by atomic mass is 16.4. The molecule has 5 nitrogen and oxygen atoms in total. The molecule has 0 bridgehead atoms. The second-order valence-corrected chi connectivity index (χ2v) is 4.38. The van der Waals surface area contributed by atoms with Gasteiger partial charge in [0.1, 0.15) is 0 Å². The van der Waals surface area contributed by atoms with E-state index in [1.165, 1.54) is 5.56 Å². The van der Waals surface area contributed by atoms with E-state index in [2.05, 4.69) is 34.7 Å². The molecule has 5 heteroatoms. The molecular weight excluding hydrogens is 228 g/mol. The first-order chi connectivity index (χ1) is 8.74. The highest BCUT2D eigenvalue weighted by Gasteiger charge is 2.05. The molecule has 2 aromatic rings. The molecule has 1 aromatic heterocycles. The molecule has 0 aliphatic rings. The number of nitrogens with zero attached hydrogens (tertiary/aromatic N) is 2. The first kappa shape index (κ1) is 12.6. The number of rotatable bonds is 6. The van der Waals surface area contributed by atoms with E-state index >= 15 is 0 Å². The number of hydrogen-bond donors (Lipinski definition) is 2. The zero-order chi connectivity index (χ0) is 12.8. The molecule has 0 saturated carbocycles. The second-order valence-electron chi connectivity index (χ2n) is 4.38. The third-order valence-electron chi connectivity index (χ3n) is 2.41. The quantitative estimate of drug-likeness (QED) is 0.818. The summed E-state index contributed by atoms with van der Waals surface area (Å²) in [5, 5.41) is 14.2. The number of nitrogens with one attached hydrogen (secondary N) is 2. The van der Waals surface area contributed by atoms with Gasteiger partial charge in [-0.05, 0) is 5.56 Å². The lowest BCUT2D eigenvalue weighted by atomic mass is 10.2. The van der Waals surface area contributed by atoms with Gasteiger partial charge in [-0.25, -0.2) is 0 Å². The van der Waals surface area contributed by atoms with Crippen LogP contribution in [0.5, 0.6) is 0 Å². The highest BCUT2D eigenvalue weighted by molar-refractivity contribution is 5.23. The molecule has 0 saturated heterocycles. The molecule has 0 aliphatic heterocycles. The fourth-order valence-electron chi connectivity index (χ4n) is 1.46. The third kappa shape index (κ3) is 3.85. The van der Waals surface area contributed by atoms with Crippen LogP contribution < -0.4 is 10.6 Å². The molecule has 0 amide bonds. The Morgan fingerprint density at radius 2 is 1.89 bits per heavy atom. The number of hydrogen-bond acceptors (Lipinski definition) is 5. The average Bonchev–Trinajstić information content (AvgIpc) is 2.83. The molecule has 2 N–H and O–H groups in total. The summed E-state index contributed by atoms with van der Waals surface area (Å²) in [4.78, 5) is 0. The van der Waals surface area contributed by atoms with Crippen molar-refractivity contribution in [3.05, 3.63) is 41.8 Å². The van der Waals surface area contributed by atoms with Crippen LogP contribution in [0.2, 0.25) is 0 Å². The van der Waals surface area contributed by atoms with Crippen LogP contribution in [0.15, 0.2) is 34.7 Å². The fraction of sp³-hybridized carbons (Fsp3) is 0.385. The van der Waals surface area contributed by atoms with Crippen LogP contribution in [0.3, 0.4) is 0 Å². The highest BCUT2D eigenvalue weighted by Crippen LogP contribution is 2.08. The van der Waals surface area contributed by atoms with Gasteiger partial charge in [0.2, 0.25) is 5.89 Å². The van der Waals surface area contributed by atoms with Gasteiger partial charge in [0.15, 0.2) is 0 Å². The maximum atomic E-state index is 5.46. The van der Waals surface area contributed by atoms with Crippen LogP contribution in [0.1, 0.15) is 25.3 Å². The molecule has 0 aliphatic carbocycles. The second kappa shape index (κ2) is 6.16. The summed E-state index contributed by atoms with van der Waals surface area (Å²) in [7, 11) is 0. The molecule has 2 rings (SSSR count). The smallest absolute Gasteiger partial charge is 0.315 e. The number of aromatic nitrogens is 2. The Morgan fingerprint density at radius 1 is 1.11 bits per heavy atom. The van der Waals surface area contributed by atoms with Gasteiger partial charge < -0.3 is 15.1 Å². The molecule has 0 atom stereocenters. The molecule has 0 fully saturated rings. The van der Waals surface area contributed by atoms with Crippen molar-refractivity contribution < 1.29 is 4.42 Å². The molecule has 0 radical (unpaired) electrons. The topological polar surface area (TPSA) is 63.0 Å². The summed E-state index contributed by atoms with van der Waals surface area (Å²) < 4.78 is 5.46. The molecule has 0 spiro atoms. The van der Waals surface area contributed by atoms with Crippen molar-refractivity contribution in [1.29, 1.82) is 0 Å². The van der Waals surface area contributed by atoms with Crippen molar-refractivity contribution in [2.45, 2.75) is 33.0 Å². The van der Waals surface area contributed by atoms with Crippen molar-refractivity contribution in [3.63, 3.8) is 0 Å². The SMILES string of the molecule is CC(C)NCc1nnc(NCc2ccccc2)o1. The Balaban J connectivity index is 1.83. The van der Waals surface area contributed by atoms with E-state index in [1.807, 2.05) is 30.3 Å². The molecule has 1 aromatic carbocycles. The predicted molar refractivity (Wildman–Crippen MR) is 70.0 cm³/mol. The van der Waals surface area contributed by atoms with E-state index in [0.717, 1.165) is 0 Å². The van der Waals surface area contributed by atoms with Crippen molar-refractivity contribution in [3.8, 4) is 0 Å². The van der Waals surface area contributed by atoms with Crippen molar-refractivity contribution in [2.75, 3.05) is 5.32 Å². The van der Waals surface area contributed by atoms with Gasteiger partial charge in [0.05, 0.1) is 6.54 Å². The standard InChI is InChI=1S/C13H18N4O/c1-10(2)14-9-12-16-17-13(18-12)15-8-11-6-4-3-5-7-11/h3-7,10,14H,8-9H2,1-2H3,(H,15,17). The van der Waals surface area contributed by atoms with E-state index < -0.39 is 0 Å². The Kier molecular flexibility index (Phi) is 4.30. The lowest BCUT2D eigenvalue weighted by molar-refractivity contribution is 0.458. The Hall–Kier alpha value is -1.88. The van der Waals surface area contributed by atoms with Gasteiger partial charge in [0.25, 0.3) is 0 Å². The summed E-state index contributed by atoms with van der Waals surface area (Å²) in [6.45, 7) is 5.42. The number of benzene rings is 1. The van der Waals surface area contributed by atoms with Gasteiger partial charge in [0, 0.05) is 12.6 Å². The first-order valence-electron chi connectivity index (χ1n) is 6.07. The van der Waals surface area contributed by atoms with Crippen LogP contribution in [0.25, 0.3) is 0 Å². The van der Waals surface area contributed by atoms with Crippen molar-refractivity contribution in [1.82, 2.24) is 15.5 Å². The van der Waals surface area contributed by atoms with Gasteiger partial charge in [-0.15, -0.1) is 5.10 Å². The zero-order valence-corrected chi connectivity index (χ0v) is 10.7. The van der Waals surface area contributed by atoms with Crippen LogP contribution in [-0.2, 0) is 13.1 Å². The Bertz CT molecular complexity index is 467. The normalized spacial score (nSPS) is 10.8. The summed E-state index contributed by atoms with van der Waals surface area (Å²) in [5.41, 5.74) is 1.18. The van der Waals surface area contributed by atoms with E-state index in [-0.39, 0.29) is 0 Å². The summed E-state index contributed by atoms with van der Waals surface area (Å²) in [5.74, 6) is 0.597. The zero-order valence-electron chi connectivity index (χ0n) is 10.7. The Morgan fingerprint density at radius 3 is 2.61 bits per heavy atom. The lowest BCUT2D eigenvalue weighted by Gasteiger charge is -2.03. The van der Waals surface area contributed by atoms with Gasteiger partial charge in [-0.2, -0.15) is 0 Å². The monoisotopic (exact) mass is 246 g/mol. The van der Waals surface area contributed by atoms with Gasteiger partial charge >= 0.3 is 6.01 Å². The van der Waals surface area contributed by atoms with Crippen LogP contribution in [0.4, 0.5) is 6.01 Å². The summed E-state index contributed by atoms with van der Waals surface area (Å²) >= 11 is 0. The van der Waals surface area contributed by atoms with Crippen LogP contribution in [0, 0.1) is 0 Å². The molecule has 0 unspecified atom stereocenters. The first-order valence-corrected chi connectivity index (χ1v) is 6.07. The van der Waals surface area contributed by atoms with Gasteiger partial charge in [-0.3, -0.25) is 0 Å². The molecule has 96 valence electrons. The van der Waals surface area contributed by atoms with Crippen LogP contribution in [-0.4, -0.2) is 16.2 Å². The van der Waals surface area contributed by atoms with Crippen molar-refractivity contribution in [2.24, 2.45) is 0 Å². The van der Waals surface area contributed by atoms with E-state index in [0.29, 0.717) is 31.0 Å².